The third kappa shape index (κ3) is 2.84. The Morgan fingerprint density at radius 1 is 1.18 bits per heavy atom. The summed E-state index contributed by atoms with van der Waals surface area (Å²) >= 11 is 0. The van der Waals surface area contributed by atoms with Gasteiger partial charge >= 0.3 is 23.1 Å². The quantitative estimate of drug-likeness (QED) is 0.403. The van der Waals surface area contributed by atoms with Crippen molar-refractivity contribution in [3.05, 3.63) is 28.3 Å². The Hall–Kier alpha value is 0.596. The molecule has 0 aliphatic rings. The molecule has 0 amide bonds. The van der Waals surface area contributed by atoms with Crippen LogP contribution in [-0.4, -0.2) is 23.1 Å². The van der Waals surface area contributed by atoms with E-state index in [0.717, 1.165) is 0 Å². The van der Waals surface area contributed by atoms with Crippen LogP contribution in [0.5, 0.6) is 0 Å². The van der Waals surface area contributed by atoms with Gasteiger partial charge in [0.1, 0.15) is 0 Å². The first-order valence-corrected chi connectivity index (χ1v) is 3.33. The Bertz CT molecular complexity index is 203. The molecule has 1 aromatic carbocycles. The van der Waals surface area contributed by atoms with Gasteiger partial charge in [-0.2, -0.15) is 28.3 Å². The van der Waals surface area contributed by atoms with Crippen LogP contribution in [-0.2, 0) is 0 Å². The third-order valence-electron chi connectivity index (χ3n) is 2.18. The van der Waals surface area contributed by atoms with Gasteiger partial charge in [-0.1, -0.05) is 27.7 Å². The van der Waals surface area contributed by atoms with Crippen molar-refractivity contribution in [2.24, 2.45) is 0 Å². The topological polar surface area (TPSA) is 0 Å². The Balaban J connectivity index is 0. The summed E-state index contributed by atoms with van der Waals surface area (Å²) in [5.41, 5.74) is 5.75. The summed E-state index contributed by atoms with van der Waals surface area (Å²) in [6.07, 6.45) is 0. The molecule has 0 saturated heterocycles. The SMILES string of the molecule is Cc1c[c-](C)c(C)c1C.[Br-].[Mg+2]. The predicted molar refractivity (Wildman–Crippen MR) is 46.7 cm³/mol. The van der Waals surface area contributed by atoms with Gasteiger partial charge in [0.2, 0.25) is 0 Å². The molecule has 0 spiro atoms. The minimum absolute atomic E-state index is 0. The fraction of sp³-hybridized carbons (Fsp3) is 0.444. The summed E-state index contributed by atoms with van der Waals surface area (Å²) in [6.45, 7) is 8.68. The summed E-state index contributed by atoms with van der Waals surface area (Å²) < 4.78 is 0. The monoisotopic (exact) mass is 224 g/mol. The molecule has 1 rings (SSSR count). The van der Waals surface area contributed by atoms with Gasteiger partial charge in [0.15, 0.2) is 0 Å². The molecular weight excluding hydrogens is 212 g/mol. The van der Waals surface area contributed by atoms with Crippen LogP contribution in [0, 0.1) is 27.7 Å². The van der Waals surface area contributed by atoms with Crippen LogP contribution >= 0.6 is 0 Å². The molecule has 0 aliphatic heterocycles. The van der Waals surface area contributed by atoms with Crippen molar-refractivity contribution in [1.82, 2.24) is 0 Å². The average molecular weight is 225 g/mol. The first kappa shape index (κ1) is 14.1. The molecule has 0 saturated carbocycles. The van der Waals surface area contributed by atoms with Gasteiger partial charge in [0.05, 0.1) is 0 Å². The summed E-state index contributed by atoms with van der Waals surface area (Å²) in [7, 11) is 0. The molecule has 0 heterocycles. The summed E-state index contributed by atoms with van der Waals surface area (Å²) in [5.74, 6) is 0. The second-order valence-electron chi connectivity index (χ2n) is 2.76. The van der Waals surface area contributed by atoms with Gasteiger partial charge in [-0.25, -0.2) is 0 Å². The average Bonchev–Trinajstić information content (AvgIpc) is 1.98. The Kier molecular flexibility index (Phi) is 6.78. The van der Waals surface area contributed by atoms with Crippen LogP contribution < -0.4 is 17.0 Å². The molecule has 0 nitrogen and oxygen atoms in total. The van der Waals surface area contributed by atoms with Crippen molar-refractivity contribution in [2.45, 2.75) is 27.7 Å². The molecule has 11 heavy (non-hydrogen) atoms. The van der Waals surface area contributed by atoms with E-state index >= 15 is 0 Å². The van der Waals surface area contributed by atoms with E-state index in [1.165, 1.54) is 22.3 Å². The molecule has 2 heteroatoms. The molecule has 0 bridgehead atoms. The number of hydrogen-bond donors (Lipinski definition) is 0. The zero-order valence-corrected chi connectivity index (χ0v) is 10.7. The van der Waals surface area contributed by atoms with E-state index in [0.29, 0.717) is 0 Å². The molecule has 1 aromatic rings. The zero-order chi connectivity index (χ0) is 7.02. The molecule has 0 aromatic heterocycles. The maximum Gasteiger partial charge on any atom is 2.00 e. The van der Waals surface area contributed by atoms with Crippen molar-refractivity contribution < 1.29 is 17.0 Å². The number of hydrogen-bond acceptors (Lipinski definition) is 0. The minimum Gasteiger partial charge on any atom is -1.00 e. The van der Waals surface area contributed by atoms with E-state index < -0.39 is 0 Å². The minimum atomic E-state index is 0. The van der Waals surface area contributed by atoms with Crippen molar-refractivity contribution >= 4 is 23.1 Å². The molecule has 0 N–H and O–H groups in total. The van der Waals surface area contributed by atoms with Crippen molar-refractivity contribution in [3.8, 4) is 0 Å². The molecule has 0 radical (unpaired) electrons. The smallest absolute Gasteiger partial charge is 1.00 e. The molecule has 0 atom stereocenters. The van der Waals surface area contributed by atoms with Crippen LogP contribution in [0.3, 0.4) is 0 Å². The Morgan fingerprint density at radius 2 is 1.64 bits per heavy atom. The van der Waals surface area contributed by atoms with Gasteiger partial charge < -0.3 is 17.0 Å². The molecular formula is C9H13BrMg. The molecule has 0 aliphatic carbocycles. The first-order chi connectivity index (χ1) is 4.13. The van der Waals surface area contributed by atoms with Crippen LogP contribution in [0.2, 0.25) is 0 Å². The van der Waals surface area contributed by atoms with E-state index in [1.807, 2.05) is 0 Å². The Morgan fingerprint density at radius 3 is 1.73 bits per heavy atom. The maximum absolute atomic E-state index is 2.24. The van der Waals surface area contributed by atoms with Gasteiger partial charge in [-0.15, -0.1) is 0 Å². The van der Waals surface area contributed by atoms with E-state index in [-0.39, 0.29) is 40.0 Å². The van der Waals surface area contributed by atoms with Crippen molar-refractivity contribution in [3.63, 3.8) is 0 Å². The third-order valence-corrected chi connectivity index (χ3v) is 2.18. The van der Waals surface area contributed by atoms with Crippen LogP contribution in [0.4, 0.5) is 0 Å². The fourth-order valence-electron chi connectivity index (χ4n) is 1.13. The number of aryl methyl sites for hydroxylation is 2. The van der Waals surface area contributed by atoms with Gasteiger partial charge in [0, 0.05) is 0 Å². The number of rotatable bonds is 0. The summed E-state index contributed by atoms with van der Waals surface area (Å²) in [5, 5.41) is 0. The maximum atomic E-state index is 2.24. The van der Waals surface area contributed by atoms with E-state index in [4.69, 9.17) is 0 Å². The number of halogens is 1. The standard InChI is InChI=1S/C9H13.BrH.Mg/c1-6-5-7(2)9(4)8(6)3;;/h5H,1-4H3;1H;/q-1;;+2/p-1. The normalized spacial score (nSPS) is 8.36. The van der Waals surface area contributed by atoms with E-state index in [2.05, 4.69) is 33.8 Å². The second-order valence-corrected chi connectivity index (χ2v) is 2.76. The van der Waals surface area contributed by atoms with Gasteiger partial charge in [0.25, 0.3) is 0 Å². The van der Waals surface area contributed by atoms with Crippen molar-refractivity contribution in [2.75, 3.05) is 0 Å². The summed E-state index contributed by atoms with van der Waals surface area (Å²) in [4.78, 5) is 0. The molecule has 0 fully saturated rings. The largest absolute Gasteiger partial charge is 2.00 e. The van der Waals surface area contributed by atoms with E-state index in [9.17, 15) is 0 Å². The van der Waals surface area contributed by atoms with Gasteiger partial charge in [-0.3, -0.25) is 0 Å². The second kappa shape index (κ2) is 5.28. The fourth-order valence-corrected chi connectivity index (χ4v) is 1.13. The molecule has 0 unspecified atom stereocenters. The van der Waals surface area contributed by atoms with Crippen molar-refractivity contribution in [1.29, 1.82) is 0 Å². The van der Waals surface area contributed by atoms with Crippen LogP contribution in [0.25, 0.3) is 0 Å². The van der Waals surface area contributed by atoms with Crippen LogP contribution in [0.1, 0.15) is 22.3 Å². The zero-order valence-electron chi connectivity index (χ0n) is 7.66. The molecule has 58 valence electrons. The van der Waals surface area contributed by atoms with Gasteiger partial charge in [-0.05, 0) is 0 Å². The Labute approximate surface area is 95.7 Å². The summed E-state index contributed by atoms with van der Waals surface area (Å²) in [6, 6.07) is 2.24. The predicted octanol–water partition coefficient (Wildman–Crippen LogP) is -0.738. The van der Waals surface area contributed by atoms with E-state index in [1.54, 1.807) is 0 Å². The first-order valence-electron chi connectivity index (χ1n) is 3.33. The van der Waals surface area contributed by atoms with Crippen LogP contribution in [0.15, 0.2) is 6.07 Å².